The van der Waals surface area contributed by atoms with Crippen molar-refractivity contribution in [3.63, 3.8) is 0 Å². The number of carbonyl (C=O) groups is 2. The number of rotatable bonds is 5. The van der Waals surface area contributed by atoms with Crippen molar-refractivity contribution in [1.82, 2.24) is 15.5 Å². The molecule has 0 aromatic heterocycles. The lowest BCUT2D eigenvalue weighted by atomic mass is 10.1. The van der Waals surface area contributed by atoms with Gasteiger partial charge in [-0.15, -0.1) is 11.8 Å². The van der Waals surface area contributed by atoms with Crippen molar-refractivity contribution in [3.05, 3.63) is 35.9 Å². The van der Waals surface area contributed by atoms with Gasteiger partial charge in [-0.3, -0.25) is 4.79 Å². The fraction of sp³-hybridized carbons (Fsp3) is 0.529. The van der Waals surface area contributed by atoms with E-state index < -0.39 is 6.09 Å². The summed E-state index contributed by atoms with van der Waals surface area (Å²) in [4.78, 5) is 26.0. The van der Waals surface area contributed by atoms with E-state index in [1.807, 2.05) is 35.2 Å². The molecule has 1 aromatic carbocycles. The summed E-state index contributed by atoms with van der Waals surface area (Å²) in [6.45, 7) is 2.38. The van der Waals surface area contributed by atoms with Crippen LogP contribution >= 0.6 is 11.8 Å². The molecule has 2 atom stereocenters. The van der Waals surface area contributed by atoms with Gasteiger partial charge in [-0.2, -0.15) is 0 Å². The van der Waals surface area contributed by atoms with Gasteiger partial charge in [-0.25, -0.2) is 4.79 Å². The average molecular weight is 349 g/mol. The van der Waals surface area contributed by atoms with Gasteiger partial charge < -0.3 is 20.3 Å². The molecule has 0 aliphatic carbocycles. The van der Waals surface area contributed by atoms with Gasteiger partial charge in [0.15, 0.2) is 0 Å². The molecular formula is C17H23N3O3S. The van der Waals surface area contributed by atoms with Crippen LogP contribution in [0.25, 0.3) is 0 Å². The molecule has 2 heterocycles. The molecule has 7 heteroatoms. The van der Waals surface area contributed by atoms with Gasteiger partial charge in [0.25, 0.3) is 0 Å². The summed E-state index contributed by atoms with van der Waals surface area (Å²) < 4.78 is 5.20. The van der Waals surface area contributed by atoms with Gasteiger partial charge in [0.2, 0.25) is 5.91 Å². The Hall–Kier alpha value is -1.73. The Labute approximate surface area is 146 Å². The van der Waals surface area contributed by atoms with E-state index in [9.17, 15) is 9.59 Å². The average Bonchev–Trinajstić information content (AvgIpc) is 3.30. The van der Waals surface area contributed by atoms with E-state index in [1.165, 1.54) is 0 Å². The van der Waals surface area contributed by atoms with Crippen LogP contribution in [0.15, 0.2) is 30.3 Å². The van der Waals surface area contributed by atoms with Gasteiger partial charge in [0, 0.05) is 25.4 Å². The summed E-state index contributed by atoms with van der Waals surface area (Å²) in [7, 11) is 0. The third-order valence-electron chi connectivity index (χ3n) is 4.33. The molecule has 2 N–H and O–H groups in total. The third-order valence-corrected chi connectivity index (χ3v) is 5.30. The maximum Gasteiger partial charge on any atom is 0.407 e. The number of alkyl carbamates (subject to hydrolysis) is 1. The predicted octanol–water partition coefficient (Wildman–Crippen LogP) is 1.42. The molecule has 0 bridgehead atoms. The normalized spacial score (nSPS) is 23.2. The molecular weight excluding hydrogens is 326 g/mol. The van der Waals surface area contributed by atoms with Gasteiger partial charge in [-0.05, 0) is 17.9 Å². The first-order chi connectivity index (χ1) is 11.7. The standard InChI is InChI=1S/C17H23N3O3S/c21-16(20-6-7-24-12-20)15-8-14(9-18-15)10-19-17(22)23-11-13-4-2-1-3-5-13/h1-5,14-15,18H,6-12H2,(H,19,22). The summed E-state index contributed by atoms with van der Waals surface area (Å²) >= 11 is 1.79. The highest BCUT2D eigenvalue weighted by atomic mass is 32.2. The van der Waals surface area contributed by atoms with E-state index in [1.54, 1.807) is 11.8 Å². The monoisotopic (exact) mass is 349 g/mol. The highest BCUT2D eigenvalue weighted by Crippen LogP contribution is 2.19. The van der Waals surface area contributed by atoms with Crippen molar-refractivity contribution < 1.29 is 14.3 Å². The minimum atomic E-state index is -0.412. The van der Waals surface area contributed by atoms with Crippen LogP contribution in [0.1, 0.15) is 12.0 Å². The van der Waals surface area contributed by atoms with Crippen LogP contribution in [0.4, 0.5) is 4.79 Å². The molecule has 0 saturated carbocycles. The van der Waals surface area contributed by atoms with E-state index in [-0.39, 0.29) is 24.5 Å². The second-order valence-corrected chi connectivity index (χ2v) is 7.22. The number of nitrogens with one attached hydrogen (secondary N) is 2. The van der Waals surface area contributed by atoms with Crippen LogP contribution in [0.3, 0.4) is 0 Å². The van der Waals surface area contributed by atoms with E-state index in [0.29, 0.717) is 6.54 Å². The fourth-order valence-corrected chi connectivity index (χ4v) is 3.92. The molecule has 2 amide bonds. The number of thioether (sulfide) groups is 1. The maximum atomic E-state index is 12.3. The van der Waals surface area contributed by atoms with Crippen LogP contribution in [-0.2, 0) is 16.1 Å². The molecule has 24 heavy (non-hydrogen) atoms. The first-order valence-electron chi connectivity index (χ1n) is 8.27. The largest absolute Gasteiger partial charge is 0.445 e. The lowest BCUT2D eigenvalue weighted by Gasteiger charge is -2.19. The number of amides is 2. The Morgan fingerprint density at radius 2 is 2.17 bits per heavy atom. The Bertz CT molecular complexity index is 563. The number of nitrogens with zero attached hydrogens (tertiary/aromatic N) is 1. The first-order valence-corrected chi connectivity index (χ1v) is 9.42. The molecule has 3 rings (SSSR count). The topological polar surface area (TPSA) is 70.7 Å². The SMILES string of the molecule is O=C(NCC1CNC(C(=O)N2CCSC2)C1)OCc1ccccc1. The Balaban J connectivity index is 1.35. The summed E-state index contributed by atoms with van der Waals surface area (Å²) in [6.07, 6.45) is 0.350. The molecule has 130 valence electrons. The van der Waals surface area contributed by atoms with E-state index in [4.69, 9.17) is 4.74 Å². The van der Waals surface area contributed by atoms with Crippen LogP contribution in [0, 0.1) is 5.92 Å². The number of hydrogen-bond donors (Lipinski definition) is 2. The predicted molar refractivity (Wildman–Crippen MR) is 93.6 cm³/mol. The summed E-state index contributed by atoms with van der Waals surface area (Å²) in [6, 6.07) is 9.47. The van der Waals surface area contributed by atoms with Crippen molar-refractivity contribution in [2.45, 2.75) is 19.1 Å². The third kappa shape index (κ3) is 4.64. The van der Waals surface area contributed by atoms with E-state index in [2.05, 4.69) is 10.6 Å². The van der Waals surface area contributed by atoms with Crippen LogP contribution in [-0.4, -0.2) is 54.2 Å². The van der Waals surface area contributed by atoms with Crippen LogP contribution < -0.4 is 10.6 Å². The van der Waals surface area contributed by atoms with Gasteiger partial charge >= 0.3 is 6.09 Å². The Morgan fingerprint density at radius 3 is 2.92 bits per heavy atom. The lowest BCUT2D eigenvalue weighted by molar-refractivity contribution is -0.131. The number of benzene rings is 1. The summed E-state index contributed by atoms with van der Waals surface area (Å²) in [5.41, 5.74) is 0.962. The van der Waals surface area contributed by atoms with Crippen LogP contribution in [0.5, 0.6) is 0 Å². The fourth-order valence-electron chi connectivity index (χ4n) is 2.96. The molecule has 6 nitrogen and oxygen atoms in total. The second-order valence-electron chi connectivity index (χ2n) is 6.14. The summed E-state index contributed by atoms with van der Waals surface area (Å²) in [5, 5.41) is 6.07. The van der Waals surface area contributed by atoms with Crippen molar-refractivity contribution >= 4 is 23.8 Å². The van der Waals surface area contributed by atoms with Crippen LogP contribution in [0.2, 0.25) is 0 Å². The molecule has 0 radical (unpaired) electrons. The van der Waals surface area contributed by atoms with Crippen molar-refractivity contribution in [2.75, 3.05) is 31.3 Å². The quantitative estimate of drug-likeness (QED) is 0.841. The minimum absolute atomic E-state index is 0.115. The number of ether oxygens (including phenoxy) is 1. The maximum absolute atomic E-state index is 12.3. The number of carbonyl (C=O) groups excluding carboxylic acids is 2. The lowest BCUT2D eigenvalue weighted by Crippen LogP contribution is -2.42. The minimum Gasteiger partial charge on any atom is -0.445 e. The van der Waals surface area contributed by atoms with Crippen molar-refractivity contribution in [1.29, 1.82) is 0 Å². The van der Waals surface area contributed by atoms with Crippen molar-refractivity contribution in [2.24, 2.45) is 5.92 Å². The van der Waals surface area contributed by atoms with E-state index >= 15 is 0 Å². The molecule has 2 unspecified atom stereocenters. The highest BCUT2D eigenvalue weighted by Gasteiger charge is 2.33. The molecule has 2 saturated heterocycles. The zero-order chi connectivity index (χ0) is 16.8. The first kappa shape index (κ1) is 17.1. The van der Waals surface area contributed by atoms with Crippen molar-refractivity contribution in [3.8, 4) is 0 Å². The van der Waals surface area contributed by atoms with Gasteiger partial charge in [0.1, 0.15) is 6.61 Å². The Kier molecular flexibility index (Phi) is 5.98. The molecule has 2 aliphatic heterocycles. The smallest absolute Gasteiger partial charge is 0.407 e. The highest BCUT2D eigenvalue weighted by molar-refractivity contribution is 7.99. The molecule has 2 aliphatic rings. The molecule has 2 fully saturated rings. The van der Waals surface area contributed by atoms with Gasteiger partial charge in [0.05, 0.1) is 11.9 Å². The Morgan fingerprint density at radius 1 is 1.33 bits per heavy atom. The zero-order valence-corrected chi connectivity index (χ0v) is 14.4. The second kappa shape index (κ2) is 8.39. The van der Waals surface area contributed by atoms with Gasteiger partial charge in [-0.1, -0.05) is 30.3 Å². The number of hydrogen-bond acceptors (Lipinski definition) is 5. The molecule has 0 spiro atoms. The summed E-state index contributed by atoms with van der Waals surface area (Å²) in [5.74, 6) is 2.27. The van der Waals surface area contributed by atoms with E-state index in [0.717, 1.165) is 36.7 Å². The zero-order valence-electron chi connectivity index (χ0n) is 13.6. The molecule has 1 aromatic rings.